The first-order valence-corrected chi connectivity index (χ1v) is 10.6. The lowest BCUT2D eigenvalue weighted by Gasteiger charge is -2.12. The van der Waals surface area contributed by atoms with Crippen molar-refractivity contribution in [3.8, 4) is 0 Å². The number of hydrogen-bond donors (Lipinski definition) is 2. The van der Waals surface area contributed by atoms with Crippen LogP contribution in [0.5, 0.6) is 0 Å². The molecular formula is C24H39NO3. The Morgan fingerprint density at radius 2 is 1.32 bits per heavy atom. The molecule has 0 aliphatic carbocycles. The van der Waals surface area contributed by atoms with Crippen molar-refractivity contribution < 1.29 is 14.7 Å². The van der Waals surface area contributed by atoms with Gasteiger partial charge in [-0.1, -0.05) is 68.4 Å². The highest BCUT2D eigenvalue weighted by Crippen LogP contribution is 2.01. The van der Waals surface area contributed by atoms with E-state index in [9.17, 15) is 9.59 Å². The normalized spacial score (nSPS) is 13.2. The zero-order valence-corrected chi connectivity index (χ0v) is 17.7. The van der Waals surface area contributed by atoms with E-state index >= 15 is 0 Å². The Labute approximate surface area is 171 Å². The molecule has 0 fully saturated rings. The number of hydrogen-bond acceptors (Lipinski definition) is 3. The Kier molecular flexibility index (Phi) is 18.4. The van der Waals surface area contributed by atoms with Gasteiger partial charge in [0.05, 0.1) is 6.61 Å². The average Bonchev–Trinajstić information content (AvgIpc) is 2.68. The lowest BCUT2D eigenvalue weighted by Crippen LogP contribution is -2.42. The zero-order valence-electron chi connectivity index (χ0n) is 17.7. The molecule has 0 saturated carbocycles. The second-order valence-corrected chi connectivity index (χ2v) is 6.89. The number of Topliss-reactive ketones (excluding diaryl/α,β-unsaturated/α-hetero) is 1. The molecule has 158 valence electrons. The molecule has 28 heavy (non-hydrogen) atoms. The summed E-state index contributed by atoms with van der Waals surface area (Å²) in [5, 5.41) is 11.5. The minimum atomic E-state index is -0.774. The highest BCUT2D eigenvalue weighted by atomic mass is 16.3. The summed E-state index contributed by atoms with van der Waals surface area (Å²) < 4.78 is 0. The lowest BCUT2D eigenvalue weighted by molar-refractivity contribution is -0.127. The minimum absolute atomic E-state index is 0.190. The van der Waals surface area contributed by atoms with Gasteiger partial charge < -0.3 is 10.4 Å². The van der Waals surface area contributed by atoms with Crippen molar-refractivity contribution in [1.82, 2.24) is 5.32 Å². The molecule has 0 aliphatic heterocycles. The topological polar surface area (TPSA) is 66.4 Å². The molecule has 1 atom stereocenters. The smallest absolute Gasteiger partial charge is 0.220 e. The predicted octanol–water partition coefficient (Wildman–Crippen LogP) is 5.20. The summed E-state index contributed by atoms with van der Waals surface area (Å²) in [6.45, 7) is 3.24. The van der Waals surface area contributed by atoms with Crippen LogP contribution in [0, 0.1) is 0 Å². The largest absolute Gasteiger partial charge is 0.394 e. The Bertz CT molecular complexity index is 518. The maximum absolute atomic E-state index is 11.7. The van der Waals surface area contributed by atoms with Crippen LogP contribution in [0.1, 0.15) is 78.1 Å². The maximum Gasteiger partial charge on any atom is 0.220 e. The SMILES string of the molecule is CCCCC/C=C\C/C=C\C/C=C\C/C=C\CCCC(=O)NC(CO)C(C)=O. The highest BCUT2D eigenvalue weighted by Gasteiger charge is 2.14. The van der Waals surface area contributed by atoms with Gasteiger partial charge in [-0.2, -0.15) is 0 Å². The molecule has 0 aliphatic rings. The van der Waals surface area contributed by atoms with E-state index in [-0.39, 0.29) is 18.3 Å². The lowest BCUT2D eigenvalue weighted by atomic mass is 10.1. The van der Waals surface area contributed by atoms with Crippen molar-refractivity contribution in [2.75, 3.05) is 6.61 Å². The fraction of sp³-hybridized carbons (Fsp3) is 0.583. The molecule has 4 heteroatoms. The summed E-state index contributed by atoms with van der Waals surface area (Å²) in [4.78, 5) is 22.8. The Morgan fingerprint density at radius 1 is 0.821 bits per heavy atom. The quantitative estimate of drug-likeness (QED) is 0.265. The van der Waals surface area contributed by atoms with Crippen LogP contribution in [0.4, 0.5) is 0 Å². The van der Waals surface area contributed by atoms with E-state index < -0.39 is 6.04 Å². The van der Waals surface area contributed by atoms with Gasteiger partial charge in [-0.25, -0.2) is 0 Å². The van der Waals surface area contributed by atoms with E-state index in [1.165, 1.54) is 32.6 Å². The fourth-order valence-corrected chi connectivity index (χ4v) is 2.48. The predicted molar refractivity (Wildman–Crippen MR) is 118 cm³/mol. The molecule has 0 spiro atoms. The van der Waals surface area contributed by atoms with E-state index in [4.69, 9.17) is 5.11 Å². The van der Waals surface area contributed by atoms with Crippen molar-refractivity contribution in [3.05, 3.63) is 48.6 Å². The third-order valence-corrected chi connectivity index (χ3v) is 4.24. The Hall–Kier alpha value is -1.94. The van der Waals surface area contributed by atoms with Gasteiger partial charge in [0.15, 0.2) is 5.78 Å². The molecule has 1 amide bonds. The van der Waals surface area contributed by atoms with Gasteiger partial charge in [-0.3, -0.25) is 9.59 Å². The summed E-state index contributed by atoms with van der Waals surface area (Å²) in [7, 11) is 0. The molecule has 0 aromatic heterocycles. The Morgan fingerprint density at radius 3 is 1.79 bits per heavy atom. The zero-order chi connectivity index (χ0) is 20.9. The van der Waals surface area contributed by atoms with Gasteiger partial charge in [0, 0.05) is 6.42 Å². The first-order valence-electron chi connectivity index (χ1n) is 10.6. The van der Waals surface area contributed by atoms with Gasteiger partial charge in [0.2, 0.25) is 5.91 Å². The highest BCUT2D eigenvalue weighted by molar-refractivity contribution is 5.87. The number of unbranched alkanes of at least 4 members (excludes halogenated alkanes) is 4. The number of aliphatic hydroxyl groups excluding tert-OH is 1. The van der Waals surface area contributed by atoms with Crippen LogP contribution in [0.25, 0.3) is 0 Å². The van der Waals surface area contributed by atoms with E-state index in [0.29, 0.717) is 6.42 Å². The van der Waals surface area contributed by atoms with E-state index in [1.54, 1.807) is 0 Å². The van der Waals surface area contributed by atoms with Crippen LogP contribution < -0.4 is 5.32 Å². The standard InChI is InChI=1S/C24H39NO3/c1-3-4-5-6-7-8-9-10-11-12-13-14-15-16-17-18-19-20-24(28)25-23(21-26)22(2)27/h7-8,10-11,13-14,16-17,23,26H,3-6,9,12,15,18-21H2,1-2H3,(H,25,28)/b8-7-,11-10-,14-13-,17-16-. The number of allylic oxidation sites excluding steroid dienone is 8. The monoisotopic (exact) mass is 389 g/mol. The van der Waals surface area contributed by atoms with Crippen molar-refractivity contribution in [1.29, 1.82) is 0 Å². The van der Waals surface area contributed by atoms with Crippen molar-refractivity contribution in [3.63, 3.8) is 0 Å². The number of aliphatic hydroxyl groups is 1. The molecule has 0 heterocycles. The number of rotatable bonds is 17. The van der Waals surface area contributed by atoms with Gasteiger partial charge in [0.1, 0.15) is 6.04 Å². The molecule has 4 nitrogen and oxygen atoms in total. The van der Waals surface area contributed by atoms with Gasteiger partial charge in [0.25, 0.3) is 0 Å². The molecule has 0 saturated heterocycles. The van der Waals surface area contributed by atoms with Crippen molar-refractivity contribution in [2.45, 2.75) is 84.1 Å². The number of ketones is 1. The van der Waals surface area contributed by atoms with Gasteiger partial charge in [-0.15, -0.1) is 0 Å². The molecule has 0 bridgehead atoms. The molecule has 0 aromatic carbocycles. The van der Waals surface area contributed by atoms with Crippen LogP contribution in [-0.2, 0) is 9.59 Å². The summed E-state index contributed by atoms with van der Waals surface area (Å²) in [6.07, 6.45) is 27.3. The number of amides is 1. The summed E-state index contributed by atoms with van der Waals surface area (Å²) in [5.41, 5.74) is 0. The molecule has 0 radical (unpaired) electrons. The van der Waals surface area contributed by atoms with Gasteiger partial charge in [-0.05, 0) is 51.9 Å². The Balaban J connectivity index is 3.62. The molecule has 2 N–H and O–H groups in total. The first kappa shape index (κ1) is 26.1. The summed E-state index contributed by atoms with van der Waals surface area (Å²) >= 11 is 0. The van der Waals surface area contributed by atoms with Crippen molar-refractivity contribution in [2.24, 2.45) is 0 Å². The average molecular weight is 390 g/mol. The third kappa shape index (κ3) is 17.5. The van der Waals surface area contributed by atoms with Crippen LogP contribution in [-0.4, -0.2) is 29.4 Å². The second-order valence-electron chi connectivity index (χ2n) is 6.89. The number of carbonyl (C=O) groups is 2. The van der Waals surface area contributed by atoms with Crippen LogP contribution >= 0.6 is 0 Å². The molecule has 0 aromatic rings. The minimum Gasteiger partial charge on any atom is -0.394 e. The summed E-state index contributed by atoms with van der Waals surface area (Å²) in [5.74, 6) is -0.415. The molecule has 0 rings (SSSR count). The maximum atomic E-state index is 11.7. The van der Waals surface area contributed by atoms with Crippen LogP contribution in [0.2, 0.25) is 0 Å². The molecular weight excluding hydrogens is 350 g/mol. The van der Waals surface area contributed by atoms with Crippen LogP contribution in [0.3, 0.4) is 0 Å². The van der Waals surface area contributed by atoms with E-state index in [2.05, 4.69) is 60.8 Å². The molecule has 1 unspecified atom stereocenters. The van der Waals surface area contributed by atoms with E-state index in [1.807, 2.05) is 0 Å². The number of nitrogens with one attached hydrogen (secondary N) is 1. The summed E-state index contributed by atoms with van der Waals surface area (Å²) in [6, 6.07) is -0.774. The first-order chi connectivity index (χ1) is 13.6. The fourth-order valence-electron chi connectivity index (χ4n) is 2.48. The van der Waals surface area contributed by atoms with Gasteiger partial charge >= 0.3 is 0 Å². The second kappa shape index (κ2) is 19.8. The van der Waals surface area contributed by atoms with Crippen LogP contribution in [0.15, 0.2) is 48.6 Å². The van der Waals surface area contributed by atoms with E-state index in [0.717, 1.165) is 32.1 Å². The van der Waals surface area contributed by atoms with Crippen molar-refractivity contribution >= 4 is 11.7 Å². The third-order valence-electron chi connectivity index (χ3n) is 4.24. The number of carbonyl (C=O) groups excluding carboxylic acids is 2.